The highest BCUT2D eigenvalue weighted by Gasteiger charge is 2.08. The molecule has 0 spiro atoms. The first-order valence-electron chi connectivity index (χ1n) is 7.27. The minimum Gasteiger partial charge on any atom is -0.424 e. The largest absolute Gasteiger partial charge is 0.424 e. The van der Waals surface area contributed by atoms with Crippen molar-refractivity contribution >= 4 is 0 Å². The highest BCUT2D eigenvalue weighted by Crippen LogP contribution is 2.24. The molecule has 0 aliphatic rings. The lowest BCUT2D eigenvalue weighted by Crippen LogP contribution is -2.22. The van der Waals surface area contributed by atoms with Crippen LogP contribution in [0, 0.1) is 20.8 Å². The van der Waals surface area contributed by atoms with Crippen molar-refractivity contribution in [2.75, 3.05) is 0 Å². The van der Waals surface area contributed by atoms with Gasteiger partial charge in [-0.15, -0.1) is 0 Å². The molecular weight excluding hydrogens is 262 g/mol. The predicted octanol–water partition coefficient (Wildman–Crippen LogP) is 3.69. The van der Waals surface area contributed by atoms with E-state index < -0.39 is 0 Å². The van der Waals surface area contributed by atoms with Crippen molar-refractivity contribution in [1.29, 1.82) is 0 Å². The standard InChI is InChI=1S/C17H23N3O/c1-11(2)18-9-15-10-19-17(20-14(15)5)21-16-8-6-7-12(3)13(16)4/h6-8,10-11,18H,9H2,1-5H3. The molecule has 2 aromatic rings. The van der Waals surface area contributed by atoms with Crippen molar-refractivity contribution in [3.63, 3.8) is 0 Å². The van der Waals surface area contributed by atoms with Crippen molar-refractivity contribution in [1.82, 2.24) is 15.3 Å². The summed E-state index contributed by atoms with van der Waals surface area (Å²) in [6, 6.07) is 6.82. The van der Waals surface area contributed by atoms with Crippen LogP contribution >= 0.6 is 0 Å². The van der Waals surface area contributed by atoms with Crippen LogP contribution in [0.15, 0.2) is 24.4 Å². The molecule has 0 atom stereocenters. The molecule has 0 saturated heterocycles. The summed E-state index contributed by atoms with van der Waals surface area (Å²) >= 11 is 0. The molecule has 1 N–H and O–H groups in total. The first-order valence-corrected chi connectivity index (χ1v) is 7.27. The quantitative estimate of drug-likeness (QED) is 0.910. The van der Waals surface area contributed by atoms with Crippen molar-refractivity contribution in [2.24, 2.45) is 0 Å². The van der Waals surface area contributed by atoms with Crippen LogP contribution in [0.4, 0.5) is 0 Å². The molecular formula is C17H23N3O. The minimum absolute atomic E-state index is 0.398. The first-order chi connectivity index (χ1) is 9.97. The van der Waals surface area contributed by atoms with Gasteiger partial charge in [-0.05, 0) is 38.0 Å². The zero-order valence-electron chi connectivity index (χ0n) is 13.4. The van der Waals surface area contributed by atoms with Gasteiger partial charge in [-0.25, -0.2) is 4.98 Å². The Hall–Kier alpha value is -1.94. The van der Waals surface area contributed by atoms with Gasteiger partial charge < -0.3 is 10.1 Å². The van der Waals surface area contributed by atoms with Gasteiger partial charge in [0.1, 0.15) is 5.75 Å². The van der Waals surface area contributed by atoms with Crippen LogP contribution in [-0.2, 0) is 6.54 Å². The number of nitrogens with one attached hydrogen (secondary N) is 1. The maximum atomic E-state index is 5.81. The van der Waals surface area contributed by atoms with Crippen LogP contribution in [0.2, 0.25) is 0 Å². The van der Waals surface area contributed by atoms with Gasteiger partial charge in [-0.1, -0.05) is 26.0 Å². The number of aryl methyl sites for hydroxylation is 2. The van der Waals surface area contributed by atoms with Crippen LogP contribution < -0.4 is 10.1 Å². The number of nitrogens with zero attached hydrogens (tertiary/aromatic N) is 2. The zero-order chi connectivity index (χ0) is 15.4. The smallest absolute Gasteiger partial charge is 0.322 e. The summed E-state index contributed by atoms with van der Waals surface area (Å²) in [6.07, 6.45) is 1.83. The number of aromatic nitrogens is 2. The Balaban J connectivity index is 2.15. The van der Waals surface area contributed by atoms with Gasteiger partial charge in [0, 0.05) is 30.0 Å². The van der Waals surface area contributed by atoms with Crippen molar-refractivity contribution in [2.45, 2.75) is 47.2 Å². The zero-order valence-corrected chi connectivity index (χ0v) is 13.4. The molecule has 0 aliphatic heterocycles. The summed E-state index contributed by atoms with van der Waals surface area (Å²) in [5, 5.41) is 3.37. The fourth-order valence-electron chi connectivity index (χ4n) is 1.94. The summed E-state index contributed by atoms with van der Waals surface area (Å²) in [5.74, 6) is 0.808. The van der Waals surface area contributed by atoms with Gasteiger partial charge in [-0.3, -0.25) is 0 Å². The summed E-state index contributed by atoms with van der Waals surface area (Å²) in [6.45, 7) is 11.1. The lowest BCUT2D eigenvalue weighted by molar-refractivity contribution is 0.435. The molecule has 21 heavy (non-hydrogen) atoms. The SMILES string of the molecule is Cc1cccc(Oc2ncc(CNC(C)C)c(C)n2)c1C. The third-order valence-corrected chi connectivity index (χ3v) is 3.52. The lowest BCUT2D eigenvalue weighted by Gasteiger charge is -2.12. The van der Waals surface area contributed by atoms with Gasteiger partial charge in [0.05, 0.1) is 0 Å². The van der Waals surface area contributed by atoms with Gasteiger partial charge in [0.2, 0.25) is 0 Å². The third kappa shape index (κ3) is 4.02. The minimum atomic E-state index is 0.398. The molecule has 1 aromatic carbocycles. The molecule has 4 nitrogen and oxygen atoms in total. The molecule has 2 rings (SSSR count). The van der Waals surface area contributed by atoms with Crippen LogP contribution in [0.3, 0.4) is 0 Å². The molecule has 0 saturated carbocycles. The van der Waals surface area contributed by atoms with Crippen molar-refractivity contribution in [3.05, 3.63) is 46.8 Å². The molecule has 0 fully saturated rings. The Morgan fingerprint density at radius 2 is 1.95 bits per heavy atom. The van der Waals surface area contributed by atoms with Crippen LogP contribution in [0.5, 0.6) is 11.8 Å². The van der Waals surface area contributed by atoms with Gasteiger partial charge in [0.15, 0.2) is 0 Å². The van der Waals surface area contributed by atoms with E-state index in [1.54, 1.807) is 0 Å². The summed E-state index contributed by atoms with van der Waals surface area (Å²) in [5.41, 5.74) is 4.35. The molecule has 0 amide bonds. The summed E-state index contributed by atoms with van der Waals surface area (Å²) in [7, 11) is 0. The maximum absolute atomic E-state index is 5.81. The van der Waals surface area contributed by atoms with Gasteiger partial charge >= 0.3 is 6.01 Å². The third-order valence-electron chi connectivity index (χ3n) is 3.52. The highest BCUT2D eigenvalue weighted by molar-refractivity contribution is 5.39. The molecule has 1 aromatic heterocycles. The second-order valence-electron chi connectivity index (χ2n) is 5.60. The van der Waals surface area contributed by atoms with Crippen molar-refractivity contribution < 1.29 is 4.74 Å². The molecule has 0 aliphatic carbocycles. The molecule has 112 valence electrons. The maximum Gasteiger partial charge on any atom is 0.322 e. The van der Waals surface area contributed by atoms with E-state index in [2.05, 4.69) is 42.1 Å². The van der Waals surface area contributed by atoms with Crippen molar-refractivity contribution in [3.8, 4) is 11.8 Å². The van der Waals surface area contributed by atoms with Crippen LogP contribution in [0.1, 0.15) is 36.2 Å². The van der Waals surface area contributed by atoms with Crippen LogP contribution in [-0.4, -0.2) is 16.0 Å². The van der Waals surface area contributed by atoms with Crippen LogP contribution in [0.25, 0.3) is 0 Å². The monoisotopic (exact) mass is 285 g/mol. The highest BCUT2D eigenvalue weighted by atomic mass is 16.5. The van der Waals surface area contributed by atoms with E-state index in [0.717, 1.165) is 29.1 Å². The predicted molar refractivity (Wildman–Crippen MR) is 84.7 cm³/mol. The summed E-state index contributed by atoms with van der Waals surface area (Å²) in [4.78, 5) is 8.75. The number of hydrogen-bond acceptors (Lipinski definition) is 4. The lowest BCUT2D eigenvalue weighted by atomic mass is 10.1. The Morgan fingerprint density at radius 3 is 2.62 bits per heavy atom. The Kier molecular flexibility index (Phi) is 4.91. The second-order valence-corrected chi connectivity index (χ2v) is 5.60. The molecule has 0 bridgehead atoms. The van der Waals surface area contributed by atoms with E-state index in [1.165, 1.54) is 5.56 Å². The molecule has 4 heteroatoms. The molecule has 1 heterocycles. The second kappa shape index (κ2) is 6.68. The fraction of sp³-hybridized carbons (Fsp3) is 0.412. The number of hydrogen-bond donors (Lipinski definition) is 1. The average Bonchev–Trinajstić information content (AvgIpc) is 2.43. The Morgan fingerprint density at radius 1 is 1.19 bits per heavy atom. The van der Waals surface area contributed by atoms with E-state index in [4.69, 9.17) is 4.74 Å². The average molecular weight is 285 g/mol. The number of benzene rings is 1. The molecule has 0 unspecified atom stereocenters. The van der Waals surface area contributed by atoms with E-state index in [-0.39, 0.29) is 0 Å². The fourth-order valence-corrected chi connectivity index (χ4v) is 1.94. The Bertz CT molecular complexity index is 623. The number of rotatable bonds is 5. The molecule has 0 radical (unpaired) electrons. The van der Waals surface area contributed by atoms with E-state index >= 15 is 0 Å². The topological polar surface area (TPSA) is 47.0 Å². The Labute approximate surface area is 126 Å². The summed E-state index contributed by atoms with van der Waals surface area (Å²) < 4.78 is 5.81. The van der Waals surface area contributed by atoms with Gasteiger partial charge in [0.25, 0.3) is 0 Å². The normalized spacial score (nSPS) is 11.0. The first kappa shape index (κ1) is 15.4. The van der Waals surface area contributed by atoms with E-state index in [0.29, 0.717) is 12.1 Å². The van der Waals surface area contributed by atoms with Gasteiger partial charge in [-0.2, -0.15) is 4.98 Å². The van der Waals surface area contributed by atoms with E-state index in [1.807, 2.05) is 32.2 Å². The number of ether oxygens (including phenoxy) is 1. The van der Waals surface area contributed by atoms with E-state index in [9.17, 15) is 0 Å².